The van der Waals surface area contributed by atoms with Gasteiger partial charge in [0.15, 0.2) is 11.6 Å². The molecular formula is C34H20F10O2. The number of hydrogen-bond acceptors (Lipinski definition) is 2. The van der Waals surface area contributed by atoms with E-state index in [9.17, 15) is 43.9 Å². The van der Waals surface area contributed by atoms with Crippen molar-refractivity contribution in [3.63, 3.8) is 0 Å². The first-order chi connectivity index (χ1) is 21.6. The molecule has 4 aromatic carbocycles. The molecule has 238 valence electrons. The summed E-state index contributed by atoms with van der Waals surface area (Å²) < 4.78 is 145. The Hall–Kier alpha value is -5.10. The van der Waals surface area contributed by atoms with Crippen LogP contribution in [0.1, 0.15) is 53.1 Å². The number of ether oxygens (including phenoxy) is 2. The van der Waals surface area contributed by atoms with Crippen LogP contribution in [0, 0.1) is 52.8 Å². The average molecular weight is 651 g/mol. The van der Waals surface area contributed by atoms with Crippen molar-refractivity contribution in [3.05, 3.63) is 129 Å². The molecule has 0 N–H and O–H groups in total. The van der Waals surface area contributed by atoms with Crippen LogP contribution in [0.2, 0.25) is 0 Å². The Balaban J connectivity index is 1.50. The summed E-state index contributed by atoms with van der Waals surface area (Å²) in [5.41, 5.74) is -0.431. The van der Waals surface area contributed by atoms with Crippen molar-refractivity contribution < 1.29 is 53.4 Å². The highest BCUT2D eigenvalue weighted by Gasteiger charge is 2.42. The third-order valence-electron chi connectivity index (χ3n) is 6.20. The highest BCUT2D eigenvalue weighted by atomic mass is 19.4. The first-order valence-corrected chi connectivity index (χ1v) is 13.4. The molecule has 0 saturated heterocycles. The Bertz CT molecular complexity index is 1810. The van der Waals surface area contributed by atoms with Gasteiger partial charge in [-0.15, -0.1) is 13.2 Å². The van der Waals surface area contributed by atoms with Crippen molar-refractivity contribution in [1.29, 1.82) is 0 Å². The lowest BCUT2D eigenvalue weighted by Gasteiger charge is -2.20. The molecule has 0 fully saturated rings. The zero-order valence-electron chi connectivity index (χ0n) is 23.6. The van der Waals surface area contributed by atoms with Crippen molar-refractivity contribution in [2.24, 2.45) is 0 Å². The minimum Gasteiger partial charge on any atom is -0.429 e. The van der Waals surface area contributed by atoms with Crippen LogP contribution in [0.5, 0.6) is 11.5 Å². The summed E-state index contributed by atoms with van der Waals surface area (Å²) in [7, 11) is 0. The van der Waals surface area contributed by atoms with Crippen molar-refractivity contribution in [3.8, 4) is 35.2 Å². The van der Waals surface area contributed by atoms with Crippen LogP contribution in [0.3, 0.4) is 0 Å². The number of rotatable bonds is 7. The molecule has 0 aliphatic rings. The van der Waals surface area contributed by atoms with Gasteiger partial charge in [0.25, 0.3) is 0 Å². The van der Waals surface area contributed by atoms with Gasteiger partial charge in [0.2, 0.25) is 5.75 Å². The predicted molar refractivity (Wildman–Crippen MR) is 147 cm³/mol. The Morgan fingerprint density at radius 2 is 1.13 bits per heavy atom. The van der Waals surface area contributed by atoms with Gasteiger partial charge in [-0.3, -0.25) is 0 Å². The lowest BCUT2D eigenvalue weighted by atomic mass is 10.1. The highest BCUT2D eigenvalue weighted by molar-refractivity contribution is 5.49. The fourth-order valence-electron chi connectivity index (χ4n) is 4.04. The second-order valence-corrected chi connectivity index (χ2v) is 9.69. The molecule has 0 heterocycles. The zero-order valence-corrected chi connectivity index (χ0v) is 23.6. The molecule has 0 unspecified atom stereocenters. The zero-order chi connectivity index (χ0) is 33.6. The maximum absolute atomic E-state index is 14.7. The van der Waals surface area contributed by atoms with Crippen LogP contribution in [0.15, 0.2) is 66.7 Å². The molecule has 0 bridgehead atoms. The molecule has 0 aliphatic heterocycles. The maximum atomic E-state index is 14.7. The van der Waals surface area contributed by atoms with Crippen LogP contribution < -0.4 is 9.47 Å². The molecule has 0 radical (unpaired) electrons. The maximum Gasteiger partial charge on any atom is 0.573 e. The van der Waals surface area contributed by atoms with E-state index < -0.39 is 64.2 Å². The van der Waals surface area contributed by atoms with E-state index in [0.717, 1.165) is 30.9 Å². The second kappa shape index (κ2) is 13.9. The number of halogens is 10. The standard InChI is InChI=1S/C34H20F10O2/c1-2-3-4-20-5-7-21(8-6-20)9-10-22-11-13-24(26(35)15-22)14-12-23-16-27(36)31(28(37)17-23)33(40,41)45-25-18-29(38)32(30(39)19-25)46-34(42,43)44/h5-8,11,13,15-19H,2-4H2,1H3. The molecular weight excluding hydrogens is 630 g/mol. The van der Waals surface area contributed by atoms with E-state index in [1.165, 1.54) is 17.7 Å². The van der Waals surface area contributed by atoms with E-state index in [-0.39, 0.29) is 17.7 Å². The average Bonchev–Trinajstić information content (AvgIpc) is 2.95. The Morgan fingerprint density at radius 1 is 0.587 bits per heavy atom. The largest absolute Gasteiger partial charge is 0.573 e. The van der Waals surface area contributed by atoms with Crippen LogP contribution in [-0.2, 0) is 12.5 Å². The monoisotopic (exact) mass is 650 g/mol. The third kappa shape index (κ3) is 8.75. The summed E-state index contributed by atoms with van der Waals surface area (Å²) in [4.78, 5) is 0. The number of unbranched alkanes of at least 4 members (excludes halogenated alkanes) is 1. The number of aryl methyl sites for hydroxylation is 1. The van der Waals surface area contributed by atoms with Gasteiger partial charge in [-0.25, -0.2) is 22.0 Å². The summed E-state index contributed by atoms with van der Waals surface area (Å²) in [6.07, 6.45) is -7.30. The molecule has 46 heavy (non-hydrogen) atoms. The fraction of sp³-hybridized carbons (Fsp3) is 0.176. The van der Waals surface area contributed by atoms with Gasteiger partial charge >= 0.3 is 12.5 Å². The van der Waals surface area contributed by atoms with Gasteiger partial charge in [-0.05, 0) is 60.9 Å². The molecule has 0 aliphatic carbocycles. The first-order valence-electron chi connectivity index (χ1n) is 13.4. The van der Waals surface area contributed by atoms with E-state index in [0.29, 0.717) is 17.7 Å². The minimum atomic E-state index is -5.50. The molecule has 2 nitrogen and oxygen atoms in total. The molecule has 0 amide bonds. The van der Waals surface area contributed by atoms with E-state index in [2.05, 4.69) is 40.1 Å². The SMILES string of the molecule is CCCCc1ccc(C#Cc2ccc(C#Cc3cc(F)c(C(F)(F)Oc4cc(F)c(OC(F)(F)F)c(F)c4)c(F)c3)c(F)c2)cc1. The predicted octanol–water partition coefficient (Wildman–Crippen LogP) is 9.55. The van der Waals surface area contributed by atoms with Crippen molar-refractivity contribution in [2.45, 2.75) is 38.7 Å². The summed E-state index contributed by atoms with van der Waals surface area (Å²) in [5.74, 6) is -1.76. The second-order valence-electron chi connectivity index (χ2n) is 9.69. The number of hydrogen-bond donors (Lipinski definition) is 0. The molecule has 12 heteroatoms. The van der Waals surface area contributed by atoms with Crippen LogP contribution in [0.4, 0.5) is 43.9 Å². The van der Waals surface area contributed by atoms with E-state index in [1.54, 1.807) is 0 Å². The van der Waals surface area contributed by atoms with Gasteiger partial charge < -0.3 is 9.47 Å². The quantitative estimate of drug-likeness (QED) is 0.147. The Morgan fingerprint density at radius 3 is 1.70 bits per heavy atom. The van der Waals surface area contributed by atoms with Crippen molar-refractivity contribution >= 4 is 0 Å². The van der Waals surface area contributed by atoms with Crippen LogP contribution in [-0.4, -0.2) is 6.36 Å². The number of benzene rings is 4. The first kappa shape index (κ1) is 33.8. The summed E-state index contributed by atoms with van der Waals surface area (Å²) in [5, 5.41) is 0. The van der Waals surface area contributed by atoms with Crippen molar-refractivity contribution in [2.75, 3.05) is 0 Å². The fourth-order valence-corrected chi connectivity index (χ4v) is 4.04. The van der Waals surface area contributed by atoms with E-state index in [4.69, 9.17) is 0 Å². The van der Waals surface area contributed by atoms with Gasteiger partial charge in [0.1, 0.15) is 28.8 Å². The summed E-state index contributed by atoms with van der Waals surface area (Å²) in [6, 6.07) is 12.1. The highest BCUT2D eigenvalue weighted by Crippen LogP contribution is 2.38. The Kier molecular flexibility index (Phi) is 10.2. The van der Waals surface area contributed by atoms with Gasteiger partial charge in [0, 0.05) is 28.8 Å². The minimum absolute atomic E-state index is 0.0925. The topological polar surface area (TPSA) is 18.5 Å². The number of alkyl halides is 5. The van der Waals surface area contributed by atoms with E-state index in [1.807, 2.05) is 24.3 Å². The van der Waals surface area contributed by atoms with E-state index >= 15 is 0 Å². The van der Waals surface area contributed by atoms with Crippen LogP contribution >= 0.6 is 0 Å². The lowest BCUT2D eigenvalue weighted by molar-refractivity contribution is -0.276. The summed E-state index contributed by atoms with van der Waals surface area (Å²) >= 11 is 0. The smallest absolute Gasteiger partial charge is 0.429 e. The molecule has 4 rings (SSSR count). The molecule has 0 aromatic heterocycles. The summed E-state index contributed by atoms with van der Waals surface area (Å²) in [6.45, 7) is 2.10. The normalized spacial score (nSPS) is 11.3. The molecule has 0 spiro atoms. The third-order valence-corrected chi connectivity index (χ3v) is 6.20. The Labute approximate surface area is 256 Å². The van der Waals surface area contributed by atoms with Gasteiger partial charge in [0.05, 0.1) is 5.56 Å². The van der Waals surface area contributed by atoms with Gasteiger partial charge in [-0.1, -0.05) is 49.2 Å². The molecule has 0 atom stereocenters. The molecule has 0 saturated carbocycles. The van der Waals surface area contributed by atoms with Gasteiger partial charge in [-0.2, -0.15) is 8.78 Å². The lowest BCUT2D eigenvalue weighted by Crippen LogP contribution is -2.25. The van der Waals surface area contributed by atoms with Crippen LogP contribution in [0.25, 0.3) is 0 Å². The van der Waals surface area contributed by atoms with Crippen molar-refractivity contribution in [1.82, 2.24) is 0 Å². The molecule has 4 aromatic rings.